The van der Waals surface area contributed by atoms with Crippen LogP contribution in [0.15, 0.2) is 11.6 Å². The third-order valence-electron chi connectivity index (χ3n) is 4.15. The van der Waals surface area contributed by atoms with Gasteiger partial charge in [0.1, 0.15) is 11.9 Å². The molecule has 0 spiro atoms. The summed E-state index contributed by atoms with van der Waals surface area (Å²) in [6.45, 7) is 1.90. The van der Waals surface area contributed by atoms with Crippen molar-refractivity contribution in [1.29, 1.82) is 0 Å². The summed E-state index contributed by atoms with van der Waals surface area (Å²) in [5.74, 6) is 2.12. The van der Waals surface area contributed by atoms with Crippen LogP contribution in [0.4, 0.5) is 0 Å². The normalized spacial score (nSPS) is 38.5. The van der Waals surface area contributed by atoms with E-state index in [9.17, 15) is 14.7 Å². The number of halogens is 1. The van der Waals surface area contributed by atoms with Crippen molar-refractivity contribution < 1.29 is 14.7 Å². The lowest BCUT2D eigenvalue weighted by atomic mass is 9.65. The van der Waals surface area contributed by atoms with Crippen LogP contribution < -0.4 is 0 Å². The molecule has 2 rings (SSSR count). The van der Waals surface area contributed by atoms with Crippen LogP contribution in [-0.2, 0) is 9.59 Å². The highest BCUT2D eigenvalue weighted by Gasteiger charge is 2.56. The third-order valence-corrected chi connectivity index (χ3v) is 4.99. The number of carbonyl (C=O) groups is 2. The molecule has 96 valence electrons. The summed E-state index contributed by atoms with van der Waals surface area (Å²) in [5.41, 5.74) is -0.772. The Morgan fingerprint density at radius 1 is 1.67 bits per heavy atom. The molecule has 0 aromatic heterocycles. The number of carbonyl (C=O) groups excluding carboxylic acids is 2. The van der Waals surface area contributed by atoms with Gasteiger partial charge < -0.3 is 9.90 Å². The molecule has 1 fully saturated rings. The van der Waals surface area contributed by atoms with Crippen LogP contribution in [0.2, 0.25) is 0 Å². The van der Waals surface area contributed by atoms with E-state index in [1.807, 2.05) is 6.92 Å². The van der Waals surface area contributed by atoms with Crippen LogP contribution in [0.1, 0.15) is 26.2 Å². The van der Waals surface area contributed by atoms with Gasteiger partial charge in [-0.25, -0.2) is 0 Å². The predicted octanol–water partition coefficient (Wildman–Crippen LogP) is 2.28. The van der Waals surface area contributed by atoms with Gasteiger partial charge in [0.25, 0.3) is 0 Å². The zero-order chi connectivity index (χ0) is 13.4. The highest BCUT2D eigenvalue weighted by Crippen LogP contribution is 2.55. The Hall–Kier alpha value is -0.320. The lowest BCUT2D eigenvalue weighted by Gasteiger charge is -2.40. The molecule has 2 aliphatic carbocycles. The minimum absolute atomic E-state index is 0.141. The van der Waals surface area contributed by atoms with E-state index in [-0.39, 0.29) is 5.78 Å². The molecule has 3 atom stereocenters. The Morgan fingerprint density at radius 3 is 3.00 bits per heavy atom. The highest BCUT2D eigenvalue weighted by molar-refractivity contribution is 14.2. The monoisotopic (exact) mass is 376 g/mol. The number of aliphatic hydroxyl groups is 1. The molecule has 0 heterocycles. The first-order chi connectivity index (χ1) is 8.47. The van der Waals surface area contributed by atoms with Crippen molar-refractivity contribution in [2.75, 3.05) is 0 Å². The Morgan fingerprint density at radius 2 is 2.39 bits per heavy atom. The fourth-order valence-corrected chi connectivity index (χ4v) is 3.44. The van der Waals surface area contributed by atoms with Gasteiger partial charge in [-0.05, 0) is 39.5 Å². The van der Waals surface area contributed by atoms with E-state index in [0.717, 1.165) is 5.57 Å². The first-order valence-electron chi connectivity index (χ1n) is 5.69. The van der Waals surface area contributed by atoms with E-state index in [0.29, 0.717) is 25.5 Å². The van der Waals surface area contributed by atoms with Crippen LogP contribution in [0.5, 0.6) is 0 Å². The molecular formula is C13H13IO3S. The number of aldehydes is 1. The van der Waals surface area contributed by atoms with E-state index in [2.05, 4.69) is 32.4 Å². The molecule has 0 amide bonds. The Balaban J connectivity index is 2.44. The van der Waals surface area contributed by atoms with Gasteiger partial charge in [-0.2, -0.15) is 0 Å². The first kappa shape index (κ1) is 14.1. The summed E-state index contributed by atoms with van der Waals surface area (Å²) in [5, 5.41) is 13.6. The van der Waals surface area contributed by atoms with Crippen LogP contribution in [0.3, 0.4) is 0 Å². The second-order valence-corrected chi connectivity index (χ2v) is 6.69. The number of fused-ring (bicyclic) bond motifs is 1. The van der Waals surface area contributed by atoms with Gasteiger partial charge in [-0.3, -0.25) is 4.79 Å². The summed E-state index contributed by atoms with van der Waals surface area (Å²) in [6.07, 6.45) is 3.78. The van der Waals surface area contributed by atoms with Gasteiger partial charge in [0, 0.05) is 26.6 Å². The fourth-order valence-electron chi connectivity index (χ4n) is 2.90. The molecule has 18 heavy (non-hydrogen) atoms. The summed E-state index contributed by atoms with van der Waals surface area (Å²) >= 11 is 2.05. The predicted molar refractivity (Wildman–Crippen MR) is 78.9 cm³/mol. The first-order valence-corrected chi connectivity index (χ1v) is 9.05. The zero-order valence-corrected chi connectivity index (χ0v) is 12.9. The van der Waals surface area contributed by atoms with Crippen LogP contribution in [0.25, 0.3) is 0 Å². The lowest BCUT2D eigenvalue weighted by molar-refractivity contribution is -0.127. The molecule has 1 saturated carbocycles. The molecule has 0 saturated heterocycles. The Kier molecular flexibility index (Phi) is 3.90. The third kappa shape index (κ3) is 2.04. The molecule has 2 aliphatic rings. The maximum absolute atomic E-state index is 11.7. The minimum Gasteiger partial charge on any atom is -0.377 e. The number of rotatable bonds is 1. The standard InChI is InChI=1S/C13H13IO3S/c1-12-7-9(8-15)11(16)6-10(12)2-3-13(12,17)4-5-18-14/h6,8-9,17H,2-3,7H2,1H3/t9?,12-,13?/m0/s1. The van der Waals surface area contributed by atoms with Gasteiger partial charge >= 0.3 is 0 Å². The largest absolute Gasteiger partial charge is 0.377 e. The lowest BCUT2D eigenvalue weighted by Crippen LogP contribution is -2.45. The Bertz CT molecular complexity index is 490. The Labute approximate surface area is 122 Å². The highest BCUT2D eigenvalue weighted by atomic mass is 127. The van der Waals surface area contributed by atoms with Crippen molar-refractivity contribution in [2.45, 2.75) is 31.8 Å². The molecule has 0 radical (unpaired) electrons. The van der Waals surface area contributed by atoms with E-state index in [1.54, 1.807) is 6.08 Å². The van der Waals surface area contributed by atoms with Crippen molar-refractivity contribution >= 4 is 42.2 Å². The van der Waals surface area contributed by atoms with E-state index in [1.165, 1.54) is 8.93 Å². The maximum Gasteiger partial charge on any atom is 0.165 e. The van der Waals surface area contributed by atoms with Crippen molar-refractivity contribution in [3.63, 3.8) is 0 Å². The number of ketones is 1. The van der Waals surface area contributed by atoms with Crippen LogP contribution in [-0.4, -0.2) is 22.8 Å². The van der Waals surface area contributed by atoms with E-state index in [4.69, 9.17) is 0 Å². The average Bonchev–Trinajstić information content (AvgIpc) is 2.60. The van der Waals surface area contributed by atoms with Crippen molar-refractivity contribution in [2.24, 2.45) is 11.3 Å². The van der Waals surface area contributed by atoms with E-state index >= 15 is 0 Å². The summed E-state index contributed by atoms with van der Waals surface area (Å²) in [6, 6.07) is 0. The van der Waals surface area contributed by atoms with Crippen LogP contribution in [0, 0.1) is 22.5 Å². The summed E-state index contributed by atoms with van der Waals surface area (Å²) in [7, 11) is 1.33. The minimum atomic E-state index is -1.13. The molecule has 1 N–H and O–H groups in total. The summed E-state index contributed by atoms with van der Waals surface area (Å²) in [4.78, 5) is 22.7. The van der Waals surface area contributed by atoms with Crippen molar-refractivity contribution in [1.82, 2.24) is 0 Å². The molecule has 0 bridgehead atoms. The van der Waals surface area contributed by atoms with Crippen molar-refractivity contribution in [3.05, 3.63) is 11.6 Å². The average molecular weight is 376 g/mol. The van der Waals surface area contributed by atoms with E-state index < -0.39 is 16.9 Å². The molecule has 5 heteroatoms. The van der Waals surface area contributed by atoms with Gasteiger partial charge in [0.15, 0.2) is 5.78 Å². The molecule has 0 aromatic carbocycles. The fraction of sp³-hybridized carbons (Fsp3) is 0.538. The van der Waals surface area contributed by atoms with Crippen LogP contribution >= 0.6 is 30.1 Å². The van der Waals surface area contributed by atoms with Gasteiger partial charge in [-0.1, -0.05) is 18.4 Å². The smallest absolute Gasteiger partial charge is 0.165 e. The second-order valence-electron chi connectivity index (χ2n) is 5.02. The quantitative estimate of drug-likeness (QED) is 0.330. The number of allylic oxidation sites excluding steroid dienone is 1. The van der Waals surface area contributed by atoms with Gasteiger partial charge in [0.2, 0.25) is 0 Å². The zero-order valence-electron chi connectivity index (χ0n) is 9.90. The second kappa shape index (κ2) is 4.99. The van der Waals surface area contributed by atoms with Gasteiger partial charge in [-0.15, -0.1) is 0 Å². The molecular weight excluding hydrogens is 363 g/mol. The maximum atomic E-state index is 11.7. The molecule has 2 unspecified atom stereocenters. The van der Waals surface area contributed by atoms with Crippen molar-refractivity contribution in [3.8, 4) is 11.2 Å². The molecule has 0 aromatic rings. The molecule has 3 nitrogen and oxygen atoms in total. The number of hydrogen-bond donors (Lipinski definition) is 1. The SMILES string of the molecule is C[C@]12CC(C=O)C(=O)C=C1CCC2(O)C#CSI. The summed E-state index contributed by atoms with van der Waals surface area (Å²) < 4.78 is 0. The topological polar surface area (TPSA) is 54.4 Å². The number of hydrogen-bond acceptors (Lipinski definition) is 4. The van der Waals surface area contributed by atoms with Gasteiger partial charge in [0.05, 0.1) is 5.92 Å². The molecule has 0 aliphatic heterocycles.